The summed E-state index contributed by atoms with van der Waals surface area (Å²) in [6.45, 7) is 2.82. The molecule has 0 heterocycles. The number of carbonyl (C=O) groups excluding carboxylic acids is 1. The SMILES string of the molecule is CCOc1ccc(C(=O)NCc2ccccc2OC)cc1OC. The summed E-state index contributed by atoms with van der Waals surface area (Å²) in [5.41, 5.74) is 1.43. The molecule has 122 valence electrons. The second-order valence-corrected chi connectivity index (χ2v) is 4.79. The lowest BCUT2D eigenvalue weighted by molar-refractivity contribution is 0.0950. The van der Waals surface area contributed by atoms with Crippen LogP contribution in [0.1, 0.15) is 22.8 Å². The van der Waals surface area contributed by atoms with Gasteiger partial charge in [0.2, 0.25) is 0 Å². The van der Waals surface area contributed by atoms with Crippen LogP contribution < -0.4 is 19.5 Å². The van der Waals surface area contributed by atoms with E-state index >= 15 is 0 Å². The Morgan fingerprint density at radius 3 is 2.43 bits per heavy atom. The third kappa shape index (κ3) is 4.16. The van der Waals surface area contributed by atoms with E-state index in [2.05, 4.69) is 5.32 Å². The Bertz CT molecular complexity index is 670. The molecule has 5 heteroatoms. The Morgan fingerprint density at radius 1 is 1.00 bits per heavy atom. The van der Waals surface area contributed by atoms with Crippen molar-refractivity contribution in [1.82, 2.24) is 5.32 Å². The van der Waals surface area contributed by atoms with Gasteiger partial charge in [-0.15, -0.1) is 0 Å². The van der Waals surface area contributed by atoms with Crippen LogP contribution in [0.4, 0.5) is 0 Å². The van der Waals surface area contributed by atoms with Crippen LogP contribution in [-0.2, 0) is 6.54 Å². The van der Waals surface area contributed by atoms with Gasteiger partial charge in [0.05, 0.1) is 20.8 Å². The second-order valence-electron chi connectivity index (χ2n) is 4.79. The fourth-order valence-electron chi connectivity index (χ4n) is 2.21. The fourth-order valence-corrected chi connectivity index (χ4v) is 2.21. The molecule has 0 aliphatic heterocycles. The van der Waals surface area contributed by atoms with Crippen molar-refractivity contribution in [2.24, 2.45) is 0 Å². The van der Waals surface area contributed by atoms with Gasteiger partial charge < -0.3 is 19.5 Å². The van der Waals surface area contributed by atoms with Crippen LogP contribution in [0.3, 0.4) is 0 Å². The van der Waals surface area contributed by atoms with E-state index in [0.717, 1.165) is 11.3 Å². The Morgan fingerprint density at radius 2 is 1.74 bits per heavy atom. The maximum atomic E-state index is 12.3. The van der Waals surface area contributed by atoms with E-state index in [1.165, 1.54) is 0 Å². The molecular weight excluding hydrogens is 294 g/mol. The highest BCUT2D eigenvalue weighted by Crippen LogP contribution is 2.28. The van der Waals surface area contributed by atoms with Gasteiger partial charge in [-0.25, -0.2) is 0 Å². The average molecular weight is 315 g/mol. The van der Waals surface area contributed by atoms with E-state index in [1.54, 1.807) is 32.4 Å². The first-order valence-corrected chi connectivity index (χ1v) is 7.40. The molecule has 23 heavy (non-hydrogen) atoms. The third-order valence-electron chi connectivity index (χ3n) is 3.36. The highest BCUT2D eigenvalue weighted by Gasteiger charge is 2.11. The molecule has 0 atom stereocenters. The summed E-state index contributed by atoms with van der Waals surface area (Å²) in [7, 11) is 3.16. The Hall–Kier alpha value is -2.69. The molecule has 0 aromatic heterocycles. The van der Waals surface area contributed by atoms with E-state index in [9.17, 15) is 4.79 Å². The molecule has 0 spiro atoms. The van der Waals surface area contributed by atoms with Crippen LogP contribution in [0.15, 0.2) is 42.5 Å². The largest absolute Gasteiger partial charge is 0.496 e. The number of rotatable bonds is 7. The number of nitrogens with one attached hydrogen (secondary N) is 1. The molecule has 2 aromatic rings. The number of para-hydroxylation sites is 1. The summed E-state index contributed by atoms with van der Waals surface area (Å²) in [5.74, 6) is 1.72. The van der Waals surface area contributed by atoms with Crippen molar-refractivity contribution < 1.29 is 19.0 Å². The van der Waals surface area contributed by atoms with Crippen LogP contribution in [-0.4, -0.2) is 26.7 Å². The van der Waals surface area contributed by atoms with Crippen molar-refractivity contribution in [3.05, 3.63) is 53.6 Å². The zero-order valence-electron chi connectivity index (χ0n) is 13.6. The lowest BCUT2D eigenvalue weighted by Gasteiger charge is -2.12. The predicted molar refractivity (Wildman–Crippen MR) is 88.3 cm³/mol. The number of benzene rings is 2. The van der Waals surface area contributed by atoms with E-state index < -0.39 is 0 Å². The monoisotopic (exact) mass is 315 g/mol. The van der Waals surface area contributed by atoms with E-state index in [-0.39, 0.29) is 5.91 Å². The molecule has 1 amide bonds. The van der Waals surface area contributed by atoms with Gasteiger partial charge >= 0.3 is 0 Å². The van der Waals surface area contributed by atoms with Crippen molar-refractivity contribution in [3.8, 4) is 17.2 Å². The molecule has 0 radical (unpaired) electrons. The topological polar surface area (TPSA) is 56.8 Å². The average Bonchev–Trinajstić information content (AvgIpc) is 2.60. The van der Waals surface area contributed by atoms with E-state index in [0.29, 0.717) is 30.2 Å². The quantitative estimate of drug-likeness (QED) is 0.853. The van der Waals surface area contributed by atoms with Crippen LogP contribution in [0.5, 0.6) is 17.2 Å². The number of methoxy groups -OCH3 is 2. The number of hydrogen-bond donors (Lipinski definition) is 1. The Balaban J connectivity index is 2.08. The Kier molecular flexibility index (Phi) is 5.86. The van der Waals surface area contributed by atoms with E-state index in [1.807, 2.05) is 31.2 Å². The normalized spacial score (nSPS) is 10.0. The van der Waals surface area contributed by atoms with Gasteiger partial charge in [-0.05, 0) is 31.2 Å². The molecule has 0 bridgehead atoms. The van der Waals surface area contributed by atoms with Crippen LogP contribution >= 0.6 is 0 Å². The minimum atomic E-state index is -0.183. The molecule has 0 saturated heterocycles. The highest BCUT2D eigenvalue weighted by atomic mass is 16.5. The summed E-state index contributed by atoms with van der Waals surface area (Å²) in [5, 5.41) is 2.88. The molecule has 0 fully saturated rings. The second kappa shape index (κ2) is 8.08. The summed E-state index contributed by atoms with van der Waals surface area (Å²) >= 11 is 0. The molecule has 5 nitrogen and oxygen atoms in total. The molecule has 2 rings (SSSR count). The van der Waals surface area contributed by atoms with Crippen molar-refractivity contribution in [1.29, 1.82) is 0 Å². The minimum absolute atomic E-state index is 0.183. The van der Waals surface area contributed by atoms with Crippen molar-refractivity contribution in [2.45, 2.75) is 13.5 Å². The van der Waals surface area contributed by atoms with Crippen LogP contribution in [0.25, 0.3) is 0 Å². The highest BCUT2D eigenvalue weighted by molar-refractivity contribution is 5.94. The predicted octanol–water partition coefficient (Wildman–Crippen LogP) is 3.03. The van der Waals surface area contributed by atoms with Crippen LogP contribution in [0, 0.1) is 0 Å². The molecule has 1 N–H and O–H groups in total. The zero-order chi connectivity index (χ0) is 16.7. The standard InChI is InChI=1S/C18H21NO4/c1-4-23-16-10-9-13(11-17(16)22-3)18(20)19-12-14-7-5-6-8-15(14)21-2/h5-11H,4,12H2,1-3H3,(H,19,20). The lowest BCUT2D eigenvalue weighted by atomic mass is 10.1. The zero-order valence-corrected chi connectivity index (χ0v) is 13.6. The number of ether oxygens (including phenoxy) is 3. The minimum Gasteiger partial charge on any atom is -0.496 e. The summed E-state index contributed by atoms with van der Waals surface area (Å²) in [6.07, 6.45) is 0. The van der Waals surface area contributed by atoms with Gasteiger partial charge in [0, 0.05) is 17.7 Å². The summed E-state index contributed by atoms with van der Waals surface area (Å²) in [4.78, 5) is 12.3. The van der Waals surface area contributed by atoms with Gasteiger partial charge in [-0.2, -0.15) is 0 Å². The first-order valence-electron chi connectivity index (χ1n) is 7.40. The van der Waals surface area contributed by atoms with Gasteiger partial charge in [0.25, 0.3) is 5.91 Å². The summed E-state index contributed by atoms with van der Waals surface area (Å²) < 4.78 is 16.0. The number of amides is 1. The molecule has 0 saturated carbocycles. The molecular formula is C18H21NO4. The Labute approximate surface area is 136 Å². The van der Waals surface area contributed by atoms with Crippen molar-refractivity contribution >= 4 is 5.91 Å². The molecule has 0 aliphatic rings. The van der Waals surface area contributed by atoms with Crippen molar-refractivity contribution in [3.63, 3.8) is 0 Å². The molecule has 0 aliphatic carbocycles. The smallest absolute Gasteiger partial charge is 0.251 e. The van der Waals surface area contributed by atoms with Gasteiger partial charge in [0.15, 0.2) is 11.5 Å². The number of hydrogen-bond acceptors (Lipinski definition) is 4. The summed E-state index contributed by atoms with van der Waals surface area (Å²) in [6, 6.07) is 12.7. The van der Waals surface area contributed by atoms with Gasteiger partial charge in [0.1, 0.15) is 5.75 Å². The van der Waals surface area contributed by atoms with E-state index in [4.69, 9.17) is 14.2 Å². The maximum absolute atomic E-state index is 12.3. The third-order valence-corrected chi connectivity index (χ3v) is 3.36. The first kappa shape index (κ1) is 16.7. The van der Waals surface area contributed by atoms with Crippen molar-refractivity contribution in [2.75, 3.05) is 20.8 Å². The first-order chi connectivity index (χ1) is 11.2. The number of carbonyl (C=O) groups is 1. The fraction of sp³-hybridized carbons (Fsp3) is 0.278. The molecule has 0 unspecified atom stereocenters. The van der Waals surface area contributed by atoms with Gasteiger partial charge in [-0.1, -0.05) is 18.2 Å². The lowest BCUT2D eigenvalue weighted by Crippen LogP contribution is -2.23. The van der Waals surface area contributed by atoms with Gasteiger partial charge in [-0.3, -0.25) is 4.79 Å². The van der Waals surface area contributed by atoms with Crippen LogP contribution in [0.2, 0.25) is 0 Å². The maximum Gasteiger partial charge on any atom is 0.251 e. The molecule has 2 aromatic carbocycles.